The van der Waals surface area contributed by atoms with E-state index in [0.717, 1.165) is 5.56 Å². The standard InChI is InChI=1S/C19H22N2O5S/c1-6-14-17(22)21-16(11-7-8-12(24-3)13(9-11)25-4)15(18(23)26-5)10(2)20-19(21)27-14/h7-9,14,16H,6H2,1-5H3/t14-,16+/m0/s1. The highest BCUT2D eigenvalue weighted by molar-refractivity contribution is 8.15. The van der Waals surface area contributed by atoms with E-state index in [-0.39, 0.29) is 11.2 Å². The predicted octanol–water partition coefficient (Wildman–Crippen LogP) is 2.92. The Morgan fingerprint density at radius 3 is 2.52 bits per heavy atom. The second kappa shape index (κ2) is 7.64. The highest BCUT2D eigenvalue weighted by Crippen LogP contribution is 2.45. The van der Waals surface area contributed by atoms with Crippen LogP contribution in [0.5, 0.6) is 11.5 Å². The van der Waals surface area contributed by atoms with Crippen LogP contribution in [-0.4, -0.2) is 48.5 Å². The van der Waals surface area contributed by atoms with Crippen LogP contribution in [0.25, 0.3) is 0 Å². The molecule has 0 radical (unpaired) electrons. The molecule has 144 valence electrons. The van der Waals surface area contributed by atoms with Crippen LogP contribution in [0.1, 0.15) is 31.9 Å². The minimum absolute atomic E-state index is 0.0602. The minimum atomic E-state index is -0.624. The van der Waals surface area contributed by atoms with Crippen molar-refractivity contribution in [3.63, 3.8) is 0 Å². The molecular formula is C19H22N2O5S. The monoisotopic (exact) mass is 390 g/mol. The summed E-state index contributed by atoms with van der Waals surface area (Å²) in [6, 6.07) is 4.73. The smallest absolute Gasteiger partial charge is 0.338 e. The Morgan fingerprint density at radius 2 is 1.93 bits per heavy atom. The van der Waals surface area contributed by atoms with Crippen LogP contribution in [-0.2, 0) is 14.3 Å². The molecule has 1 amide bonds. The third-order valence-corrected chi connectivity index (χ3v) is 5.97. The molecular weight excluding hydrogens is 368 g/mol. The van der Waals surface area contributed by atoms with Crippen molar-refractivity contribution in [2.45, 2.75) is 31.6 Å². The molecule has 8 heteroatoms. The number of carbonyl (C=O) groups excluding carboxylic acids is 2. The summed E-state index contributed by atoms with van der Waals surface area (Å²) in [7, 11) is 4.42. The summed E-state index contributed by atoms with van der Waals surface area (Å²) < 4.78 is 15.7. The molecule has 0 spiro atoms. The number of ether oxygens (including phenoxy) is 3. The van der Waals surface area contributed by atoms with Gasteiger partial charge in [-0.15, -0.1) is 0 Å². The van der Waals surface area contributed by atoms with E-state index < -0.39 is 12.0 Å². The van der Waals surface area contributed by atoms with Crippen molar-refractivity contribution in [3.05, 3.63) is 35.0 Å². The quantitative estimate of drug-likeness (QED) is 0.720. The molecule has 0 aliphatic carbocycles. The average molecular weight is 390 g/mol. The van der Waals surface area contributed by atoms with Crippen LogP contribution in [0, 0.1) is 0 Å². The number of allylic oxidation sites excluding steroid dienone is 1. The number of aliphatic imine (C=N–C) groups is 1. The van der Waals surface area contributed by atoms with Gasteiger partial charge in [-0.1, -0.05) is 24.8 Å². The maximum atomic E-state index is 13.0. The predicted molar refractivity (Wildman–Crippen MR) is 103 cm³/mol. The molecule has 2 aliphatic rings. The van der Waals surface area contributed by atoms with Crippen LogP contribution in [0.2, 0.25) is 0 Å². The third kappa shape index (κ3) is 3.18. The number of thioether (sulfide) groups is 1. The first-order chi connectivity index (χ1) is 13.0. The molecule has 0 saturated carbocycles. The summed E-state index contributed by atoms with van der Waals surface area (Å²) in [5.41, 5.74) is 1.62. The van der Waals surface area contributed by atoms with Crippen molar-refractivity contribution in [3.8, 4) is 11.5 Å². The van der Waals surface area contributed by atoms with Gasteiger partial charge in [-0.2, -0.15) is 0 Å². The Morgan fingerprint density at radius 1 is 1.22 bits per heavy atom. The summed E-state index contributed by atoms with van der Waals surface area (Å²) >= 11 is 1.43. The summed E-state index contributed by atoms with van der Waals surface area (Å²) in [4.78, 5) is 31.6. The normalized spacial score (nSPS) is 21.7. The Hall–Kier alpha value is -2.48. The molecule has 0 bridgehead atoms. The molecule has 1 aromatic carbocycles. The van der Waals surface area contributed by atoms with Gasteiger partial charge in [0.2, 0.25) is 5.91 Å². The van der Waals surface area contributed by atoms with E-state index in [9.17, 15) is 9.59 Å². The Bertz CT molecular complexity index is 849. The van der Waals surface area contributed by atoms with Gasteiger partial charge < -0.3 is 14.2 Å². The molecule has 1 fully saturated rings. The molecule has 2 heterocycles. The zero-order valence-corrected chi connectivity index (χ0v) is 16.8. The fraction of sp³-hybridized carbons (Fsp3) is 0.421. The zero-order chi connectivity index (χ0) is 19.7. The number of fused-ring (bicyclic) bond motifs is 1. The second-order valence-corrected chi connectivity index (χ2v) is 7.29. The van der Waals surface area contributed by atoms with Crippen LogP contribution >= 0.6 is 11.8 Å². The molecule has 27 heavy (non-hydrogen) atoms. The van der Waals surface area contributed by atoms with E-state index >= 15 is 0 Å². The van der Waals surface area contributed by atoms with Gasteiger partial charge >= 0.3 is 5.97 Å². The molecule has 0 N–H and O–H groups in total. The zero-order valence-electron chi connectivity index (χ0n) is 15.9. The number of benzene rings is 1. The lowest BCUT2D eigenvalue weighted by atomic mass is 9.94. The van der Waals surface area contributed by atoms with Crippen LogP contribution < -0.4 is 9.47 Å². The number of carbonyl (C=O) groups is 2. The van der Waals surface area contributed by atoms with Crippen molar-refractivity contribution >= 4 is 28.8 Å². The lowest BCUT2D eigenvalue weighted by molar-refractivity contribution is -0.137. The Balaban J connectivity index is 2.17. The molecule has 0 unspecified atom stereocenters. The van der Waals surface area contributed by atoms with Gasteiger partial charge in [-0.25, -0.2) is 9.79 Å². The number of amides is 1. The molecule has 3 rings (SSSR count). The van der Waals surface area contributed by atoms with Gasteiger partial charge in [0, 0.05) is 0 Å². The Labute approximate surface area is 162 Å². The van der Waals surface area contributed by atoms with Gasteiger partial charge in [-0.05, 0) is 31.0 Å². The maximum absolute atomic E-state index is 13.0. The number of amidine groups is 1. The summed E-state index contributed by atoms with van der Waals surface area (Å²) in [5, 5.41) is 0.396. The third-order valence-electron chi connectivity index (χ3n) is 4.65. The lowest BCUT2D eigenvalue weighted by Gasteiger charge is -2.33. The molecule has 0 aromatic heterocycles. The van der Waals surface area contributed by atoms with Gasteiger partial charge in [0.05, 0.1) is 43.9 Å². The SMILES string of the molecule is CC[C@@H]1SC2=NC(C)=C(C(=O)OC)[C@@H](c3ccc(OC)c(OC)c3)N2C1=O. The molecule has 1 saturated heterocycles. The van der Waals surface area contributed by atoms with Crippen molar-refractivity contribution < 1.29 is 23.8 Å². The number of esters is 1. The van der Waals surface area contributed by atoms with E-state index in [0.29, 0.717) is 34.4 Å². The van der Waals surface area contributed by atoms with E-state index in [1.807, 2.05) is 13.0 Å². The largest absolute Gasteiger partial charge is 0.493 e. The maximum Gasteiger partial charge on any atom is 0.338 e. The summed E-state index contributed by atoms with van der Waals surface area (Å²) in [5.74, 6) is 0.523. The number of nitrogens with zero attached hydrogens (tertiary/aromatic N) is 2. The fourth-order valence-corrected chi connectivity index (χ4v) is 4.43. The van der Waals surface area contributed by atoms with Gasteiger partial charge in [0.25, 0.3) is 0 Å². The van der Waals surface area contributed by atoms with Crippen molar-refractivity contribution in [1.82, 2.24) is 4.90 Å². The second-order valence-electron chi connectivity index (χ2n) is 6.12. The first-order valence-electron chi connectivity index (χ1n) is 8.56. The fourth-order valence-electron chi connectivity index (χ4n) is 3.30. The van der Waals surface area contributed by atoms with Crippen molar-refractivity contribution in [1.29, 1.82) is 0 Å². The van der Waals surface area contributed by atoms with E-state index in [1.165, 1.54) is 18.9 Å². The van der Waals surface area contributed by atoms with Gasteiger partial charge in [0.1, 0.15) is 0 Å². The molecule has 2 atom stereocenters. The summed E-state index contributed by atoms with van der Waals surface area (Å²) in [6.07, 6.45) is 0.685. The highest BCUT2D eigenvalue weighted by Gasteiger charge is 2.47. The first kappa shape index (κ1) is 19.3. The minimum Gasteiger partial charge on any atom is -0.493 e. The first-order valence-corrected chi connectivity index (χ1v) is 9.44. The molecule has 2 aliphatic heterocycles. The Kier molecular flexibility index (Phi) is 5.46. The summed E-state index contributed by atoms with van der Waals surface area (Å²) in [6.45, 7) is 3.72. The topological polar surface area (TPSA) is 77.4 Å². The lowest BCUT2D eigenvalue weighted by Crippen LogP contribution is -2.40. The van der Waals surface area contributed by atoms with Crippen molar-refractivity contribution in [2.75, 3.05) is 21.3 Å². The van der Waals surface area contributed by atoms with Crippen LogP contribution in [0.15, 0.2) is 34.5 Å². The molecule has 1 aromatic rings. The number of methoxy groups -OCH3 is 3. The number of hydrogen-bond donors (Lipinski definition) is 0. The number of hydrogen-bond acceptors (Lipinski definition) is 7. The van der Waals surface area contributed by atoms with Crippen molar-refractivity contribution in [2.24, 2.45) is 4.99 Å². The van der Waals surface area contributed by atoms with E-state index in [2.05, 4.69) is 4.99 Å². The van der Waals surface area contributed by atoms with E-state index in [4.69, 9.17) is 14.2 Å². The van der Waals surface area contributed by atoms with Crippen LogP contribution in [0.4, 0.5) is 0 Å². The average Bonchev–Trinajstić information content (AvgIpc) is 3.00. The van der Waals surface area contributed by atoms with E-state index in [1.54, 1.807) is 38.2 Å². The van der Waals surface area contributed by atoms with Gasteiger partial charge in [0.15, 0.2) is 16.7 Å². The van der Waals surface area contributed by atoms with Gasteiger partial charge in [-0.3, -0.25) is 9.69 Å². The molecule has 7 nitrogen and oxygen atoms in total. The highest BCUT2D eigenvalue weighted by atomic mass is 32.2. The number of rotatable bonds is 5. The van der Waals surface area contributed by atoms with Crippen LogP contribution in [0.3, 0.4) is 0 Å².